The van der Waals surface area contributed by atoms with E-state index in [1.54, 1.807) is 24.3 Å². The van der Waals surface area contributed by atoms with Crippen molar-refractivity contribution in [2.75, 3.05) is 6.61 Å². The number of alkyl halides is 3. The summed E-state index contributed by atoms with van der Waals surface area (Å²) in [7, 11) is -5.94. The molecule has 0 atom stereocenters. The van der Waals surface area contributed by atoms with Crippen LogP contribution in [0.4, 0.5) is 13.2 Å². The fraction of sp³-hybridized carbons (Fsp3) is 0.316. The van der Waals surface area contributed by atoms with E-state index < -0.39 is 21.4 Å². The van der Waals surface area contributed by atoms with Crippen molar-refractivity contribution in [2.45, 2.75) is 32.2 Å². The summed E-state index contributed by atoms with van der Waals surface area (Å²) in [5, 5.41) is 0. The van der Waals surface area contributed by atoms with E-state index in [0.29, 0.717) is 18.1 Å². The molecule has 0 amide bonds. The van der Waals surface area contributed by atoms with Crippen molar-refractivity contribution in [2.24, 2.45) is 0 Å². The number of carbonyl (C=O) groups is 1. The Balaban J connectivity index is 2.32. The molecule has 29 heavy (non-hydrogen) atoms. The fourth-order valence-corrected chi connectivity index (χ4v) is 2.75. The summed E-state index contributed by atoms with van der Waals surface area (Å²) in [6.07, 6.45) is 2.04. The Morgan fingerprint density at radius 3 is 2.38 bits per heavy atom. The zero-order valence-corrected chi connectivity index (χ0v) is 16.5. The van der Waals surface area contributed by atoms with Gasteiger partial charge in [0.05, 0.1) is 12.2 Å². The van der Waals surface area contributed by atoms with Crippen molar-refractivity contribution in [3.8, 4) is 23.0 Å². The molecule has 0 radical (unpaired) electrons. The quantitative estimate of drug-likeness (QED) is 0.240. The first kappa shape index (κ1) is 22.5. The Bertz CT molecular complexity index is 970. The van der Waals surface area contributed by atoms with Gasteiger partial charge < -0.3 is 13.7 Å². The number of aryl methyl sites for hydroxylation is 1. The van der Waals surface area contributed by atoms with Crippen LogP contribution in [0.3, 0.4) is 0 Å². The van der Waals surface area contributed by atoms with E-state index in [1.165, 1.54) is 13.0 Å². The van der Waals surface area contributed by atoms with Crippen molar-refractivity contribution in [3.63, 3.8) is 0 Å². The summed E-state index contributed by atoms with van der Waals surface area (Å²) in [5.41, 5.74) is -5.79. The SMILES string of the molecule is CCCCOc1cccc(Oc2cc(C)c(C=O)c(OS(=O)(=O)C(F)(F)F)c2)c1. The Morgan fingerprint density at radius 1 is 1.07 bits per heavy atom. The summed E-state index contributed by atoms with van der Waals surface area (Å²) < 4.78 is 75.8. The number of aldehydes is 1. The minimum absolute atomic E-state index is 0.00816. The molecule has 6 nitrogen and oxygen atoms in total. The van der Waals surface area contributed by atoms with Gasteiger partial charge in [-0.25, -0.2) is 0 Å². The predicted molar refractivity (Wildman–Crippen MR) is 99.1 cm³/mol. The first-order valence-electron chi connectivity index (χ1n) is 8.58. The molecule has 2 rings (SSSR count). The molecule has 0 bridgehead atoms. The molecule has 0 unspecified atom stereocenters. The summed E-state index contributed by atoms with van der Waals surface area (Å²) in [6, 6.07) is 8.82. The molecule has 0 fully saturated rings. The van der Waals surface area contributed by atoms with Crippen LogP contribution in [0.15, 0.2) is 36.4 Å². The average molecular weight is 432 g/mol. The number of carbonyl (C=O) groups excluding carboxylic acids is 1. The predicted octanol–water partition coefficient (Wildman–Crippen LogP) is 5.01. The van der Waals surface area contributed by atoms with Gasteiger partial charge in [0.15, 0.2) is 12.0 Å². The summed E-state index contributed by atoms with van der Waals surface area (Å²) >= 11 is 0. The molecule has 0 saturated carbocycles. The highest BCUT2D eigenvalue weighted by molar-refractivity contribution is 7.88. The number of unbranched alkanes of at least 4 members (excludes halogenated alkanes) is 1. The molecule has 0 saturated heterocycles. The smallest absolute Gasteiger partial charge is 0.493 e. The maximum atomic E-state index is 12.6. The van der Waals surface area contributed by atoms with Crippen molar-refractivity contribution >= 4 is 16.4 Å². The van der Waals surface area contributed by atoms with Crippen LogP contribution in [0.1, 0.15) is 35.7 Å². The van der Waals surface area contributed by atoms with Crippen molar-refractivity contribution < 1.29 is 40.0 Å². The zero-order valence-electron chi connectivity index (χ0n) is 15.7. The van der Waals surface area contributed by atoms with E-state index in [2.05, 4.69) is 4.18 Å². The Kier molecular flexibility index (Phi) is 7.12. The third-order valence-electron chi connectivity index (χ3n) is 3.73. The molecular weight excluding hydrogens is 413 g/mol. The van der Waals surface area contributed by atoms with Gasteiger partial charge in [0.1, 0.15) is 17.2 Å². The standard InChI is InChI=1S/C19H19F3O6S/c1-3-4-8-26-14-6-5-7-15(10-14)27-16-9-13(2)17(12-23)18(11-16)28-29(24,25)19(20,21)22/h5-7,9-12H,3-4,8H2,1-2H3. The van der Waals surface area contributed by atoms with E-state index in [-0.39, 0.29) is 23.2 Å². The largest absolute Gasteiger partial charge is 0.534 e. The topological polar surface area (TPSA) is 78.9 Å². The van der Waals surface area contributed by atoms with Gasteiger partial charge >= 0.3 is 15.6 Å². The van der Waals surface area contributed by atoms with Gasteiger partial charge in [-0.2, -0.15) is 21.6 Å². The van der Waals surface area contributed by atoms with Crippen LogP contribution in [-0.2, 0) is 10.1 Å². The molecule has 0 aliphatic rings. The summed E-state index contributed by atoms with van der Waals surface area (Å²) in [6.45, 7) is 3.95. The third kappa shape index (κ3) is 5.86. The number of halogens is 3. The lowest BCUT2D eigenvalue weighted by atomic mass is 10.1. The Hall–Kier alpha value is -2.75. The first-order valence-corrected chi connectivity index (χ1v) is 9.99. The number of hydrogen-bond donors (Lipinski definition) is 0. The van der Waals surface area contributed by atoms with Gasteiger partial charge in [0.25, 0.3) is 0 Å². The van der Waals surface area contributed by atoms with Gasteiger partial charge in [-0.05, 0) is 37.1 Å². The lowest BCUT2D eigenvalue weighted by Crippen LogP contribution is -2.28. The van der Waals surface area contributed by atoms with Gasteiger partial charge in [0.2, 0.25) is 0 Å². The van der Waals surface area contributed by atoms with Crippen LogP contribution in [0.5, 0.6) is 23.0 Å². The summed E-state index contributed by atoms with van der Waals surface area (Å²) in [4.78, 5) is 11.2. The second-order valence-electron chi connectivity index (χ2n) is 6.03. The minimum atomic E-state index is -5.94. The Labute approximate surface area is 166 Å². The molecule has 10 heteroatoms. The van der Waals surface area contributed by atoms with Crippen LogP contribution in [0, 0.1) is 6.92 Å². The second-order valence-corrected chi connectivity index (χ2v) is 7.57. The van der Waals surface area contributed by atoms with Crippen molar-refractivity contribution in [1.29, 1.82) is 0 Å². The second kappa shape index (κ2) is 9.17. The number of hydrogen-bond acceptors (Lipinski definition) is 6. The maximum absolute atomic E-state index is 12.6. The molecule has 2 aromatic carbocycles. The van der Waals surface area contributed by atoms with Crippen molar-refractivity contribution in [1.82, 2.24) is 0 Å². The zero-order chi connectivity index (χ0) is 21.7. The highest BCUT2D eigenvalue weighted by Crippen LogP contribution is 2.35. The van der Waals surface area contributed by atoms with E-state index in [1.807, 2.05) is 6.92 Å². The van der Waals surface area contributed by atoms with E-state index >= 15 is 0 Å². The van der Waals surface area contributed by atoms with Crippen LogP contribution in [0.2, 0.25) is 0 Å². The molecule has 0 heterocycles. The van der Waals surface area contributed by atoms with Gasteiger partial charge in [-0.15, -0.1) is 0 Å². The number of ether oxygens (including phenoxy) is 2. The molecule has 0 aliphatic carbocycles. The lowest BCUT2D eigenvalue weighted by molar-refractivity contribution is -0.0500. The molecule has 0 spiro atoms. The van der Waals surface area contributed by atoms with Crippen molar-refractivity contribution in [3.05, 3.63) is 47.5 Å². The molecule has 0 aromatic heterocycles. The maximum Gasteiger partial charge on any atom is 0.534 e. The van der Waals surface area contributed by atoms with E-state index in [0.717, 1.165) is 18.9 Å². The van der Waals surface area contributed by atoms with Crippen LogP contribution in [-0.4, -0.2) is 26.8 Å². The van der Waals surface area contributed by atoms with Gasteiger partial charge in [-0.1, -0.05) is 19.4 Å². The van der Waals surface area contributed by atoms with Gasteiger partial charge in [-0.3, -0.25) is 4.79 Å². The third-order valence-corrected chi connectivity index (χ3v) is 4.70. The highest BCUT2D eigenvalue weighted by atomic mass is 32.2. The highest BCUT2D eigenvalue weighted by Gasteiger charge is 2.49. The molecule has 0 N–H and O–H groups in total. The summed E-state index contributed by atoms with van der Waals surface area (Å²) in [5.74, 6) is 0.0593. The van der Waals surface area contributed by atoms with Gasteiger partial charge in [0, 0.05) is 12.1 Å². The number of benzene rings is 2. The lowest BCUT2D eigenvalue weighted by Gasteiger charge is -2.15. The van der Waals surface area contributed by atoms with E-state index in [9.17, 15) is 26.4 Å². The monoisotopic (exact) mass is 432 g/mol. The molecule has 0 aliphatic heterocycles. The van der Waals surface area contributed by atoms with Crippen LogP contribution < -0.4 is 13.7 Å². The molecule has 2 aromatic rings. The first-order chi connectivity index (χ1) is 13.6. The number of rotatable bonds is 9. The normalized spacial score (nSPS) is 11.8. The van der Waals surface area contributed by atoms with Crippen LogP contribution in [0.25, 0.3) is 0 Å². The molecule has 158 valence electrons. The van der Waals surface area contributed by atoms with Crippen LogP contribution >= 0.6 is 0 Å². The Morgan fingerprint density at radius 2 is 1.76 bits per heavy atom. The fourth-order valence-electron chi connectivity index (χ4n) is 2.28. The van der Waals surface area contributed by atoms with E-state index in [4.69, 9.17) is 9.47 Å². The molecular formula is C19H19F3O6S. The minimum Gasteiger partial charge on any atom is -0.493 e. The average Bonchev–Trinajstić information content (AvgIpc) is 2.61.